The Kier molecular flexibility index (Phi) is 3.37. The Bertz CT molecular complexity index is 443. The molecule has 0 unspecified atom stereocenters. The molecule has 0 aromatic carbocycles. The maximum absolute atomic E-state index is 11.4. The Balaban J connectivity index is 2.71. The van der Waals surface area contributed by atoms with Gasteiger partial charge in [0, 0.05) is 19.3 Å². The van der Waals surface area contributed by atoms with Crippen molar-refractivity contribution in [3.63, 3.8) is 0 Å². The first-order valence-corrected chi connectivity index (χ1v) is 4.94. The van der Waals surface area contributed by atoms with E-state index in [1.54, 1.807) is 40.1 Å². The molecule has 5 heteroatoms. The van der Waals surface area contributed by atoms with Crippen LogP contribution in [-0.2, 0) is 11.8 Å². The van der Waals surface area contributed by atoms with E-state index in [0.29, 0.717) is 5.69 Å². The van der Waals surface area contributed by atoms with Crippen LogP contribution in [0.25, 0.3) is 0 Å². The molecule has 0 aliphatic carbocycles. The number of carbonyl (C=O) groups is 1. The highest BCUT2D eigenvalue weighted by Crippen LogP contribution is 2.09. The third-order valence-corrected chi connectivity index (χ3v) is 1.75. The van der Waals surface area contributed by atoms with Crippen molar-refractivity contribution in [1.29, 1.82) is 0 Å². The number of anilines is 1. The van der Waals surface area contributed by atoms with Crippen molar-refractivity contribution < 1.29 is 9.53 Å². The highest BCUT2D eigenvalue weighted by Gasteiger charge is 2.16. The standard InChI is InChI=1S/C11H16N2O3/c1-11(2,3)16-10(15)12-8-5-6-13(4)9(14)7-8/h5-7H,1-4H3,(H,12,15). The maximum Gasteiger partial charge on any atom is 0.412 e. The predicted molar refractivity (Wildman–Crippen MR) is 61.5 cm³/mol. The quantitative estimate of drug-likeness (QED) is 0.790. The molecule has 0 radical (unpaired) electrons. The summed E-state index contributed by atoms with van der Waals surface area (Å²) in [5, 5.41) is 2.49. The second-order valence-corrected chi connectivity index (χ2v) is 4.49. The summed E-state index contributed by atoms with van der Waals surface area (Å²) in [5.74, 6) is 0. The molecule has 0 aliphatic rings. The summed E-state index contributed by atoms with van der Waals surface area (Å²) >= 11 is 0. The number of nitrogens with zero attached hydrogens (tertiary/aromatic N) is 1. The smallest absolute Gasteiger partial charge is 0.412 e. The zero-order valence-corrected chi connectivity index (χ0v) is 9.90. The minimum Gasteiger partial charge on any atom is -0.444 e. The summed E-state index contributed by atoms with van der Waals surface area (Å²) in [6.45, 7) is 5.32. The second-order valence-electron chi connectivity index (χ2n) is 4.49. The van der Waals surface area contributed by atoms with Gasteiger partial charge in [-0.25, -0.2) is 4.79 Å². The Morgan fingerprint density at radius 2 is 2.06 bits per heavy atom. The van der Waals surface area contributed by atoms with Gasteiger partial charge in [0.05, 0.1) is 5.69 Å². The van der Waals surface area contributed by atoms with Crippen LogP contribution < -0.4 is 10.9 Å². The molecular weight excluding hydrogens is 208 g/mol. The minimum atomic E-state index is -0.569. The van der Waals surface area contributed by atoms with Crippen LogP contribution in [-0.4, -0.2) is 16.3 Å². The largest absolute Gasteiger partial charge is 0.444 e. The van der Waals surface area contributed by atoms with Gasteiger partial charge in [-0.3, -0.25) is 10.1 Å². The lowest BCUT2D eigenvalue weighted by atomic mass is 10.2. The summed E-state index contributed by atoms with van der Waals surface area (Å²) in [6.07, 6.45) is 1.01. The predicted octanol–water partition coefficient (Wildman–Crippen LogP) is 1.73. The van der Waals surface area contributed by atoms with Crippen LogP contribution in [0.1, 0.15) is 20.8 Å². The fraction of sp³-hybridized carbons (Fsp3) is 0.455. The molecule has 1 aromatic rings. The summed E-state index contributed by atoms with van der Waals surface area (Å²) in [5.41, 5.74) is -0.310. The molecule has 16 heavy (non-hydrogen) atoms. The van der Waals surface area contributed by atoms with Crippen LogP contribution in [0.15, 0.2) is 23.1 Å². The van der Waals surface area contributed by atoms with Gasteiger partial charge >= 0.3 is 6.09 Å². The van der Waals surface area contributed by atoms with Crippen LogP contribution in [0.2, 0.25) is 0 Å². The first kappa shape index (κ1) is 12.3. The Morgan fingerprint density at radius 3 is 2.56 bits per heavy atom. The summed E-state index contributed by atoms with van der Waals surface area (Å²) in [4.78, 5) is 22.7. The second kappa shape index (κ2) is 4.38. The van der Waals surface area contributed by atoms with Gasteiger partial charge in [-0.15, -0.1) is 0 Å². The van der Waals surface area contributed by atoms with Crippen molar-refractivity contribution in [3.05, 3.63) is 28.7 Å². The number of aryl methyl sites for hydroxylation is 1. The number of ether oxygens (including phenoxy) is 1. The number of hydrogen-bond acceptors (Lipinski definition) is 3. The van der Waals surface area contributed by atoms with E-state index in [1.807, 2.05) is 0 Å². The number of aromatic nitrogens is 1. The number of hydrogen-bond donors (Lipinski definition) is 1. The first-order chi connectivity index (χ1) is 7.28. The fourth-order valence-electron chi connectivity index (χ4n) is 1.05. The van der Waals surface area contributed by atoms with E-state index in [0.717, 1.165) is 0 Å². The lowest BCUT2D eigenvalue weighted by molar-refractivity contribution is 0.0636. The van der Waals surface area contributed by atoms with Crippen molar-refractivity contribution in [2.75, 3.05) is 5.32 Å². The van der Waals surface area contributed by atoms with Crippen LogP contribution in [0.3, 0.4) is 0 Å². The Labute approximate surface area is 94.0 Å². The fourth-order valence-corrected chi connectivity index (χ4v) is 1.05. The van der Waals surface area contributed by atoms with E-state index in [9.17, 15) is 9.59 Å². The molecule has 1 heterocycles. The van der Waals surface area contributed by atoms with Gasteiger partial charge in [0.25, 0.3) is 5.56 Å². The molecule has 5 nitrogen and oxygen atoms in total. The highest BCUT2D eigenvalue weighted by atomic mass is 16.6. The molecule has 0 fully saturated rings. The Hall–Kier alpha value is -1.78. The third kappa shape index (κ3) is 3.76. The van der Waals surface area contributed by atoms with Gasteiger partial charge < -0.3 is 9.30 Å². The molecule has 1 N–H and O–H groups in total. The number of nitrogens with one attached hydrogen (secondary N) is 1. The molecule has 0 bridgehead atoms. The Morgan fingerprint density at radius 1 is 1.44 bits per heavy atom. The summed E-state index contributed by atoms with van der Waals surface area (Å²) < 4.78 is 6.47. The maximum atomic E-state index is 11.4. The number of carbonyl (C=O) groups excluding carboxylic acids is 1. The monoisotopic (exact) mass is 224 g/mol. The molecule has 0 atom stereocenters. The zero-order chi connectivity index (χ0) is 12.3. The van der Waals surface area contributed by atoms with Crippen molar-refractivity contribution >= 4 is 11.8 Å². The van der Waals surface area contributed by atoms with Gasteiger partial charge in [0.2, 0.25) is 0 Å². The van der Waals surface area contributed by atoms with E-state index >= 15 is 0 Å². The first-order valence-electron chi connectivity index (χ1n) is 4.94. The van der Waals surface area contributed by atoms with Crippen LogP contribution in [0, 0.1) is 0 Å². The van der Waals surface area contributed by atoms with E-state index < -0.39 is 11.7 Å². The molecular formula is C11H16N2O3. The van der Waals surface area contributed by atoms with Gasteiger partial charge in [-0.05, 0) is 26.8 Å². The van der Waals surface area contributed by atoms with E-state index in [4.69, 9.17) is 4.74 Å². The van der Waals surface area contributed by atoms with Crippen LogP contribution >= 0.6 is 0 Å². The number of rotatable bonds is 1. The molecule has 0 saturated heterocycles. The van der Waals surface area contributed by atoms with Crippen molar-refractivity contribution in [2.24, 2.45) is 7.05 Å². The summed E-state index contributed by atoms with van der Waals surface area (Å²) in [7, 11) is 1.64. The minimum absolute atomic E-state index is 0.187. The summed E-state index contributed by atoms with van der Waals surface area (Å²) in [6, 6.07) is 2.97. The molecule has 0 saturated carbocycles. The average molecular weight is 224 g/mol. The lowest BCUT2D eigenvalue weighted by Gasteiger charge is -2.19. The van der Waals surface area contributed by atoms with E-state index in [-0.39, 0.29) is 5.56 Å². The topological polar surface area (TPSA) is 60.3 Å². The normalized spacial score (nSPS) is 11.0. The molecule has 1 aromatic heterocycles. The third-order valence-electron chi connectivity index (χ3n) is 1.75. The molecule has 1 rings (SSSR count). The van der Waals surface area contributed by atoms with Crippen molar-refractivity contribution in [1.82, 2.24) is 4.57 Å². The van der Waals surface area contributed by atoms with Gasteiger partial charge in [0.1, 0.15) is 5.60 Å². The number of amides is 1. The average Bonchev–Trinajstić information content (AvgIpc) is 2.08. The van der Waals surface area contributed by atoms with Crippen molar-refractivity contribution in [3.8, 4) is 0 Å². The molecule has 0 spiro atoms. The van der Waals surface area contributed by atoms with Crippen molar-refractivity contribution in [2.45, 2.75) is 26.4 Å². The van der Waals surface area contributed by atoms with Gasteiger partial charge in [-0.2, -0.15) is 0 Å². The lowest BCUT2D eigenvalue weighted by Crippen LogP contribution is -2.27. The van der Waals surface area contributed by atoms with E-state index in [1.165, 1.54) is 10.6 Å². The molecule has 88 valence electrons. The highest BCUT2D eigenvalue weighted by molar-refractivity contribution is 5.84. The zero-order valence-electron chi connectivity index (χ0n) is 9.90. The van der Waals surface area contributed by atoms with Gasteiger partial charge in [0.15, 0.2) is 0 Å². The van der Waals surface area contributed by atoms with Gasteiger partial charge in [-0.1, -0.05) is 0 Å². The van der Waals surface area contributed by atoms with Crippen LogP contribution in [0.5, 0.6) is 0 Å². The SMILES string of the molecule is Cn1ccc(NC(=O)OC(C)(C)C)cc1=O. The van der Waals surface area contributed by atoms with E-state index in [2.05, 4.69) is 5.32 Å². The molecule has 0 aliphatic heterocycles. The van der Waals surface area contributed by atoms with Crippen LogP contribution in [0.4, 0.5) is 10.5 Å². The number of pyridine rings is 1. The molecule has 1 amide bonds.